The normalized spacial score (nSPS) is 24.9. The van der Waals surface area contributed by atoms with E-state index in [2.05, 4.69) is 13.8 Å². The van der Waals surface area contributed by atoms with Crippen LogP contribution < -0.4 is 4.74 Å². The van der Waals surface area contributed by atoms with Crippen LogP contribution in [0.3, 0.4) is 0 Å². The SMILES string of the molecule is CCS(=O)(=O)c1ccc(S(=O)(=O)[C@@]23CCC[C@@H](CC(C)C)[C@@H]2COc2c(F)ccc(F)c23)cc1. The zero-order valence-corrected chi connectivity index (χ0v) is 21.2. The Kier molecular flexibility index (Phi) is 6.57. The van der Waals surface area contributed by atoms with Crippen LogP contribution in [0.2, 0.25) is 0 Å². The van der Waals surface area contributed by atoms with Gasteiger partial charge in [0.15, 0.2) is 31.2 Å². The lowest BCUT2D eigenvalue weighted by atomic mass is 9.65. The molecule has 186 valence electrons. The molecule has 0 spiro atoms. The van der Waals surface area contributed by atoms with Crippen LogP contribution in [-0.4, -0.2) is 29.2 Å². The fourth-order valence-electron chi connectivity index (χ4n) is 5.78. The van der Waals surface area contributed by atoms with Crippen LogP contribution >= 0.6 is 0 Å². The predicted molar refractivity (Wildman–Crippen MR) is 125 cm³/mol. The fraction of sp³-hybridized carbons (Fsp3) is 0.520. The molecule has 1 saturated carbocycles. The minimum atomic E-state index is -4.26. The van der Waals surface area contributed by atoms with Gasteiger partial charge in [0.25, 0.3) is 0 Å². The zero-order chi connectivity index (χ0) is 24.9. The van der Waals surface area contributed by atoms with Gasteiger partial charge in [0, 0.05) is 5.92 Å². The molecule has 4 rings (SSSR count). The average molecular weight is 513 g/mol. The molecule has 0 saturated heterocycles. The molecule has 2 aromatic rings. The highest BCUT2D eigenvalue weighted by atomic mass is 32.2. The Morgan fingerprint density at radius 2 is 1.62 bits per heavy atom. The van der Waals surface area contributed by atoms with Crippen molar-refractivity contribution in [3.63, 3.8) is 0 Å². The first-order valence-electron chi connectivity index (χ1n) is 11.6. The maximum Gasteiger partial charge on any atom is 0.188 e. The van der Waals surface area contributed by atoms with Crippen LogP contribution in [0.4, 0.5) is 8.78 Å². The Morgan fingerprint density at radius 3 is 2.24 bits per heavy atom. The van der Waals surface area contributed by atoms with Gasteiger partial charge in [-0.15, -0.1) is 0 Å². The van der Waals surface area contributed by atoms with Crippen LogP contribution in [0, 0.1) is 29.4 Å². The zero-order valence-electron chi connectivity index (χ0n) is 19.6. The van der Waals surface area contributed by atoms with Gasteiger partial charge >= 0.3 is 0 Å². The summed E-state index contributed by atoms with van der Waals surface area (Å²) in [6, 6.07) is 6.99. The van der Waals surface area contributed by atoms with Crippen LogP contribution in [-0.2, 0) is 24.4 Å². The van der Waals surface area contributed by atoms with Crippen molar-refractivity contribution in [3.05, 3.63) is 53.6 Å². The van der Waals surface area contributed by atoms with Crippen molar-refractivity contribution in [2.24, 2.45) is 17.8 Å². The summed E-state index contributed by atoms with van der Waals surface area (Å²) in [6.45, 7) is 5.59. The highest BCUT2D eigenvalue weighted by Gasteiger charge is 2.60. The van der Waals surface area contributed by atoms with Gasteiger partial charge in [0.2, 0.25) is 0 Å². The Hall–Kier alpha value is -2.00. The van der Waals surface area contributed by atoms with E-state index in [-0.39, 0.29) is 45.8 Å². The monoisotopic (exact) mass is 512 g/mol. The molecule has 2 aliphatic rings. The highest BCUT2D eigenvalue weighted by molar-refractivity contribution is 7.92. The summed E-state index contributed by atoms with van der Waals surface area (Å²) in [4.78, 5) is -0.0804. The number of halogens is 2. The molecule has 1 aliphatic heterocycles. The third-order valence-corrected chi connectivity index (χ3v) is 11.6. The van der Waals surface area contributed by atoms with Crippen molar-refractivity contribution in [3.8, 4) is 5.75 Å². The van der Waals surface area contributed by atoms with Crippen LogP contribution in [0.5, 0.6) is 5.75 Å². The van der Waals surface area contributed by atoms with Gasteiger partial charge in [0.1, 0.15) is 10.6 Å². The van der Waals surface area contributed by atoms with Crippen molar-refractivity contribution in [2.75, 3.05) is 12.4 Å². The second kappa shape index (κ2) is 8.90. The van der Waals surface area contributed by atoms with Crippen molar-refractivity contribution >= 4 is 19.7 Å². The molecule has 0 unspecified atom stereocenters. The molecule has 0 N–H and O–H groups in total. The lowest BCUT2D eigenvalue weighted by Crippen LogP contribution is -2.54. The highest BCUT2D eigenvalue weighted by Crippen LogP contribution is 2.58. The summed E-state index contributed by atoms with van der Waals surface area (Å²) in [5.74, 6) is -2.36. The number of benzene rings is 2. The topological polar surface area (TPSA) is 77.5 Å². The van der Waals surface area contributed by atoms with Gasteiger partial charge < -0.3 is 4.74 Å². The van der Waals surface area contributed by atoms with Gasteiger partial charge in [0.05, 0.1) is 27.7 Å². The van der Waals surface area contributed by atoms with E-state index < -0.39 is 42.0 Å². The van der Waals surface area contributed by atoms with Crippen molar-refractivity contribution in [2.45, 2.75) is 61.0 Å². The van der Waals surface area contributed by atoms with Gasteiger partial charge in [-0.3, -0.25) is 0 Å². The van der Waals surface area contributed by atoms with E-state index in [4.69, 9.17) is 4.74 Å². The van der Waals surface area contributed by atoms with Gasteiger partial charge in [-0.05, 0) is 67.5 Å². The van der Waals surface area contributed by atoms with E-state index >= 15 is 4.39 Å². The molecular formula is C25H30F2O5S2. The molecule has 1 fully saturated rings. The Labute approximate surface area is 200 Å². The standard InChI is InChI=1S/C25H30F2O5S2/c1-4-33(28,29)18-7-9-19(10-8-18)34(30,31)25-13-5-6-17(14-16(2)3)20(25)15-32-24-22(27)12-11-21(26)23(24)25/h7-12,16-17,20H,4-6,13-15H2,1-3H3/t17-,20-,25-/m0/s1. The van der Waals surface area contributed by atoms with Gasteiger partial charge in [-0.2, -0.15) is 0 Å². The Morgan fingerprint density at radius 1 is 1.00 bits per heavy atom. The molecule has 0 radical (unpaired) electrons. The van der Waals surface area contributed by atoms with E-state index in [0.717, 1.165) is 25.0 Å². The minimum absolute atomic E-state index is 0.0215. The minimum Gasteiger partial charge on any atom is -0.490 e. The second-order valence-electron chi connectivity index (χ2n) is 9.70. The lowest BCUT2D eigenvalue weighted by molar-refractivity contribution is 0.0649. The maximum absolute atomic E-state index is 15.4. The number of fused-ring (bicyclic) bond motifs is 3. The van der Waals surface area contributed by atoms with E-state index in [0.29, 0.717) is 12.3 Å². The summed E-state index contributed by atoms with van der Waals surface area (Å²) in [5.41, 5.74) is -0.234. The van der Waals surface area contributed by atoms with E-state index in [1.165, 1.54) is 31.2 Å². The third kappa shape index (κ3) is 3.85. The molecule has 0 amide bonds. The molecule has 1 heterocycles. The van der Waals surface area contributed by atoms with Crippen LogP contribution in [0.1, 0.15) is 52.0 Å². The van der Waals surface area contributed by atoms with E-state index in [1.54, 1.807) is 0 Å². The Bertz CT molecular complexity index is 1290. The maximum atomic E-state index is 15.4. The fourth-order valence-corrected chi connectivity index (χ4v) is 9.11. The Balaban J connectivity index is 1.95. The number of rotatable bonds is 6. The van der Waals surface area contributed by atoms with Gasteiger partial charge in [-0.25, -0.2) is 25.6 Å². The van der Waals surface area contributed by atoms with Crippen molar-refractivity contribution in [1.82, 2.24) is 0 Å². The number of ether oxygens (including phenoxy) is 1. The second-order valence-corrected chi connectivity index (χ2v) is 14.2. The van der Waals surface area contributed by atoms with Crippen LogP contribution in [0.25, 0.3) is 0 Å². The summed E-state index contributed by atoms with van der Waals surface area (Å²) in [6.07, 6.45) is 2.21. The molecule has 9 heteroatoms. The molecule has 2 aromatic carbocycles. The molecule has 5 nitrogen and oxygen atoms in total. The summed E-state index contributed by atoms with van der Waals surface area (Å²) in [7, 11) is -7.77. The van der Waals surface area contributed by atoms with E-state index in [1.807, 2.05) is 0 Å². The van der Waals surface area contributed by atoms with Crippen molar-refractivity contribution < 1.29 is 30.4 Å². The first-order valence-corrected chi connectivity index (χ1v) is 14.8. The third-order valence-electron chi connectivity index (χ3n) is 7.31. The van der Waals surface area contributed by atoms with Crippen LogP contribution in [0.15, 0.2) is 46.2 Å². The first kappa shape index (κ1) is 25.1. The molecule has 0 bridgehead atoms. The molecule has 0 aromatic heterocycles. The smallest absolute Gasteiger partial charge is 0.188 e. The number of hydrogen-bond donors (Lipinski definition) is 0. The summed E-state index contributed by atoms with van der Waals surface area (Å²) >= 11 is 0. The first-order chi connectivity index (χ1) is 16.0. The largest absolute Gasteiger partial charge is 0.490 e. The van der Waals surface area contributed by atoms with E-state index in [9.17, 15) is 21.2 Å². The molecule has 3 atom stereocenters. The average Bonchev–Trinajstić information content (AvgIpc) is 2.80. The summed E-state index contributed by atoms with van der Waals surface area (Å²) < 4.78 is 87.2. The quantitative estimate of drug-likeness (QED) is 0.526. The van der Waals surface area contributed by atoms with Gasteiger partial charge in [-0.1, -0.05) is 27.2 Å². The predicted octanol–water partition coefficient (Wildman–Crippen LogP) is 5.28. The molecule has 34 heavy (non-hydrogen) atoms. The number of hydrogen-bond acceptors (Lipinski definition) is 5. The lowest BCUT2D eigenvalue weighted by Gasteiger charge is -2.50. The van der Waals surface area contributed by atoms with Crippen molar-refractivity contribution in [1.29, 1.82) is 0 Å². The molecular weight excluding hydrogens is 482 g/mol. The summed E-state index contributed by atoms with van der Waals surface area (Å²) in [5, 5.41) is 0. The molecule has 1 aliphatic carbocycles. The number of sulfone groups is 2.